The molecule has 4 heteroatoms. The topological polar surface area (TPSA) is 47.6 Å². The summed E-state index contributed by atoms with van der Waals surface area (Å²) >= 11 is 0. The average Bonchev–Trinajstić information content (AvgIpc) is 2.53. The summed E-state index contributed by atoms with van der Waals surface area (Å²) in [4.78, 5) is 12.0. The molecule has 0 aromatic heterocycles. The predicted octanol–water partition coefficient (Wildman–Crippen LogP) is 1.49. The van der Waals surface area contributed by atoms with E-state index in [1.807, 2.05) is 6.92 Å². The summed E-state index contributed by atoms with van der Waals surface area (Å²) < 4.78 is 10.6. The molecule has 1 fully saturated rings. The maximum atomic E-state index is 12.0. The van der Waals surface area contributed by atoms with Crippen molar-refractivity contribution < 1.29 is 14.3 Å². The Labute approximate surface area is 97.7 Å². The minimum absolute atomic E-state index is 0.117. The average molecular weight is 229 g/mol. The zero-order valence-electron chi connectivity index (χ0n) is 10.4. The van der Waals surface area contributed by atoms with E-state index in [9.17, 15) is 4.79 Å². The third-order valence-electron chi connectivity index (χ3n) is 2.94. The van der Waals surface area contributed by atoms with E-state index in [1.165, 1.54) is 0 Å². The Morgan fingerprint density at radius 2 is 2.19 bits per heavy atom. The number of hydrogen-bond donors (Lipinski definition) is 1. The Hall–Kier alpha value is -0.610. The van der Waals surface area contributed by atoms with E-state index in [4.69, 9.17) is 9.47 Å². The van der Waals surface area contributed by atoms with Crippen LogP contribution < -0.4 is 5.32 Å². The minimum atomic E-state index is -0.511. The number of carbonyl (C=O) groups is 1. The Bertz CT molecular complexity index is 210. The maximum absolute atomic E-state index is 12.0. The van der Waals surface area contributed by atoms with Crippen molar-refractivity contribution >= 4 is 5.97 Å². The minimum Gasteiger partial charge on any atom is -0.465 e. The van der Waals surface area contributed by atoms with Crippen molar-refractivity contribution in [3.63, 3.8) is 0 Å². The van der Waals surface area contributed by atoms with Crippen molar-refractivity contribution in [3.8, 4) is 0 Å². The fourth-order valence-electron chi connectivity index (χ4n) is 2.04. The summed E-state index contributed by atoms with van der Waals surface area (Å²) in [6, 6.07) is 0. The van der Waals surface area contributed by atoms with E-state index in [-0.39, 0.29) is 5.97 Å². The Morgan fingerprint density at radius 1 is 1.38 bits per heavy atom. The van der Waals surface area contributed by atoms with Gasteiger partial charge in [-0.25, -0.2) is 0 Å². The highest BCUT2D eigenvalue weighted by atomic mass is 16.5. The highest BCUT2D eigenvalue weighted by Crippen LogP contribution is 2.23. The molecule has 0 aromatic rings. The van der Waals surface area contributed by atoms with Gasteiger partial charge in [-0.3, -0.25) is 4.79 Å². The number of ether oxygens (including phenoxy) is 2. The highest BCUT2D eigenvalue weighted by Gasteiger charge is 2.39. The fraction of sp³-hybridized carbons (Fsp3) is 0.917. The van der Waals surface area contributed by atoms with Crippen LogP contribution in [0.4, 0.5) is 0 Å². The maximum Gasteiger partial charge on any atom is 0.326 e. The first-order valence-electron chi connectivity index (χ1n) is 6.25. The molecule has 16 heavy (non-hydrogen) atoms. The number of rotatable bonds is 5. The normalized spacial score (nSPS) is 26.1. The van der Waals surface area contributed by atoms with Gasteiger partial charge in [-0.1, -0.05) is 6.92 Å². The number of nitrogens with one attached hydrogen (secondary N) is 1. The lowest BCUT2D eigenvalue weighted by molar-refractivity contribution is -0.152. The molecule has 0 saturated carbocycles. The standard InChI is InChI=1S/C12H23NO3/c1-3-8-13-12(11(14)16-4-2)6-5-9-15-10-7-12/h13H,3-10H2,1-2H3. The van der Waals surface area contributed by atoms with Gasteiger partial charge in [0, 0.05) is 13.2 Å². The Morgan fingerprint density at radius 3 is 2.88 bits per heavy atom. The van der Waals surface area contributed by atoms with E-state index in [1.54, 1.807) is 0 Å². The van der Waals surface area contributed by atoms with Gasteiger partial charge >= 0.3 is 5.97 Å². The van der Waals surface area contributed by atoms with Crippen molar-refractivity contribution in [2.75, 3.05) is 26.4 Å². The van der Waals surface area contributed by atoms with Crippen LogP contribution in [0.25, 0.3) is 0 Å². The molecule has 1 heterocycles. The molecule has 0 aromatic carbocycles. The van der Waals surface area contributed by atoms with Crippen LogP contribution >= 0.6 is 0 Å². The summed E-state index contributed by atoms with van der Waals surface area (Å²) in [5, 5.41) is 3.35. The van der Waals surface area contributed by atoms with E-state index in [0.717, 1.165) is 32.4 Å². The van der Waals surface area contributed by atoms with Gasteiger partial charge in [0.2, 0.25) is 0 Å². The summed E-state index contributed by atoms with van der Waals surface area (Å²) in [6.45, 7) is 6.61. The molecule has 1 aliphatic heterocycles. The van der Waals surface area contributed by atoms with Gasteiger partial charge in [0.15, 0.2) is 0 Å². The fourth-order valence-corrected chi connectivity index (χ4v) is 2.04. The van der Waals surface area contributed by atoms with Gasteiger partial charge in [0.1, 0.15) is 5.54 Å². The summed E-state index contributed by atoms with van der Waals surface area (Å²) in [5.74, 6) is -0.117. The van der Waals surface area contributed by atoms with Crippen molar-refractivity contribution in [1.82, 2.24) is 5.32 Å². The summed E-state index contributed by atoms with van der Waals surface area (Å²) in [7, 11) is 0. The van der Waals surface area contributed by atoms with Crippen LogP contribution in [0, 0.1) is 0 Å². The molecule has 1 unspecified atom stereocenters. The zero-order chi connectivity index (χ0) is 11.9. The van der Waals surface area contributed by atoms with Crippen LogP contribution in [0.3, 0.4) is 0 Å². The molecule has 1 saturated heterocycles. The molecule has 1 aliphatic rings. The number of hydrogen-bond acceptors (Lipinski definition) is 4. The van der Waals surface area contributed by atoms with Crippen LogP contribution in [-0.4, -0.2) is 37.9 Å². The molecule has 4 nitrogen and oxygen atoms in total. The summed E-state index contributed by atoms with van der Waals surface area (Å²) in [5.41, 5.74) is -0.511. The molecule has 0 aliphatic carbocycles. The van der Waals surface area contributed by atoms with Gasteiger partial charge < -0.3 is 14.8 Å². The molecule has 94 valence electrons. The molecular formula is C12H23NO3. The van der Waals surface area contributed by atoms with Gasteiger partial charge in [-0.15, -0.1) is 0 Å². The highest BCUT2D eigenvalue weighted by molar-refractivity contribution is 5.80. The molecule has 1 rings (SSSR count). The van der Waals surface area contributed by atoms with E-state index in [0.29, 0.717) is 19.6 Å². The molecule has 0 spiro atoms. The smallest absolute Gasteiger partial charge is 0.326 e. The molecule has 0 bridgehead atoms. The van der Waals surface area contributed by atoms with Gasteiger partial charge in [-0.05, 0) is 39.2 Å². The van der Waals surface area contributed by atoms with E-state index >= 15 is 0 Å². The molecule has 1 N–H and O–H groups in total. The van der Waals surface area contributed by atoms with E-state index in [2.05, 4.69) is 12.2 Å². The summed E-state index contributed by atoms with van der Waals surface area (Å²) in [6.07, 6.45) is 3.45. The van der Waals surface area contributed by atoms with Crippen molar-refractivity contribution in [3.05, 3.63) is 0 Å². The quantitative estimate of drug-likeness (QED) is 0.726. The van der Waals surface area contributed by atoms with Crippen molar-refractivity contribution in [1.29, 1.82) is 0 Å². The van der Waals surface area contributed by atoms with Gasteiger partial charge in [-0.2, -0.15) is 0 Å². The lowest BCUT2D eigenvalue weighted by Gasteiger charge is -2.30. The van der Waals surface area contributed by atoms with Crippen LogP contribution in [-0.2, 0) is 14.3 Å². The predicted molar refractivity (Wildman–Crippen MR) is 62.3 cm³/mol. The first kappa shape index (κ1) is 13.5. The Kier molecular flexibility index (Phi) is 5.77. The molecular weight excluding hydrogens is 206 g/mol. The van der Waals surface area contributed by atoms with Gasteiger partial charge in [0.05, 0.1) is 6.61 Å². The molecule has 0 amide bonds. The third-order valence-corrected chi connectivity index (χ3v) is 2.94. The molecule has 1 atom stereocenters. The van der Waals surface area contributed by atoms with Crippen LogP contribution in [0.5, 0.6) is 0 Å². The van der Waals surface area contributed by atoms with Crippen LogP contribution in [0.2, 0.25) is 0 Å². The largest absolute Gasteiger partial charge is 0.465 e. The Balaban J connectivity index is 2.68. The number of carbonyl (C=O) groups excluding carboxylic acids is 1. The van der Waals surface area contributed by atoms with Crippen LogP contribution in [0.1, 0.15) is 39.5 Å². The first-order chi connectivity index (χ1) is 7.75. The van der Waals surface area contributed by atoms with Gasteiger partial charge in [0.25, 0.3) is 0 Å². The van der Waals surface area contributed by atoms with Crippen molar-refractivity contribution in [2.45, 2.75) is 45.1 Å². The van der Waals surface area contributed by atoms with Crippen molar-refractivity contribution in [2.24, 2.45) is 0 Å². The first-order valence-corrected chi connectivity index (χ1v) is 6.25. The SMILES string of the molecule is CCCNC1(C(=O)OCC)CCCOCC1. The van der Waals surface area contributed by atoms with E-state index < -0.39 is 5.54 Å². The monoisotopic (exact) mass is 229 g/mol. The third kappa shape index (κ3) is 3.46. The second-order valence-corrected chi connectivity index (χ2v) is 4.20. The lowest BCUT2D eigenvalue weighted by Crippen LogP contribution is -2.53. The molecule has 0 radical (unpaired) electrons. The lowest BCUT2D eigenvalue weighted by atomic mass is 9.90. The second kappa shape index (κ2) is 6.86. The zero-order valence-corrected chi connectivity index (χ0v) is 10.4. The second-order valence-electron chi connectivity index (χ2n) is 4.20. The number of esters is 1. The van der Waals surface area contributed by atoms with Crippen LogP contribution in [0.15, 0.2) is 0 Å².